The van der Waals surface area contributed by atoms with E-state index in [0.29, 0.717) is 5.92 Å². The first-order valence-corrected chi connectivity index (χ1v) is 5.69. The summed E-state index contributed by atoms with van der Waals surface area (Å²) in [7, 11) is 0. The van der Waals surface area contributed by atoms with Gasteiger partial charge in [-0.05, 0) is 25.7 Å². The predicted octanol–water partition coefficient (Wildman–Crippen LogP) is 3.28. The lowest BCUT2D eigenvalue weighted by atomic mass is 9.94. The zero-order chi connectivity index (χ0) is 9.52. The van der Waals surface area contributed by atoms with Gasteiger partial charge in [0.05, 0.1) is 6.10 Å². The van der Waals surface area contributed by atoms with Gasteiger partial charge in [0.1, 0.15) is 0 Å². The number of allylic oxidation sites excluding steroid dienone is 1. The third-order valence-electron chi connectivity index (χ3n) is 2.95. The van der Waals surface area contributed by atoms with Gasteiger partial charge >= 0.3 is 0 Å². The molecule has 0 saturated carbocycles. The Morgan fingerprint density at radius 3 is 2.85 bits per heavy atom. The van der Waals surface area contributed by atoms with Gasteiger partial charge in [-0.2, -0.15) is 0 Å². The van der Waals surface area contributed by atoms with E-state index in [1.165, 1.54) is 38.5 Å². The average Bonchev–Trinajstić information content (AvgIpc) is 2.29. The van der Waals surface area contributed by atoms with Gasteiger partial charge in [0.25, 0.3) is 0 Å². The van der Waals surface area contributed by atoms with E-state index >= 15 is 0 Å². The van der Waals surface area contributed by atoms with E-state index in [0.717, 1.165) is 6.42 Å². The zero-order valence-corrected chi connectivity index (χ0v) is 8.71. The maximum Gasteiger partial charge on any atom is 0.0600 e. The van der Waals surface area contributed by atoms with Crippen molar-refractivity contribution in [3.05, 3.63) is 12.2 Å². The first-order chi connectivity index (χ1) is 6.34. The minimum atomic E-state index is -0.116. The maximum atomic E-state index is 9.74. The Kier molecular flexibility index (Phi) is 5.14. The summed E-state index contributed by atoms with van der Waals surface area (Å²) in [4.78, 5) is 0. The van der Waals surface area contributed by atoms with E-state index in [2.05, 4.69) is 19.1 Å². The fourth-order valence-corrected chi connectivity index (χ4v) is 1.99. The number of aliphatic hydroxyl groups is 1. The molecule has 1 rings (SSSR count). The van der Waals surface area contributed by atoms with Crippen molar-refractivity contribution in [1.29, 1.82) is 0 Å². The Balaban J connectivity index is 2.43. The van der Waals surface area contributed by atoms with Gasteiger partial charge in [-0.25, -0.2) is 0 Å². The lowest BCUT2D eigenvalue weighted by molar-refractivity contribution is 0.120. The molecular formula is C12H22O. The van der Waals surface area contributed by atoms with E-state index in [9.17, 15) is 5.11 Å². The van der Waals surface area contributed by atoms with Crippen molar-refractivity contribution in [3.63, 3.8) is 0 Å². The number of hydrogen-bond acceptors (Lipinski definition) is 1. The zero-order valence-electron chi connectivity index (χ0n) is 8.71. The largest absolute Gasteiger partial charge is 0.393 e. The Morgan fingerprint density at radius 1 is 1.31 bits per heavy atom. The molecule has 0 spiro atoms. The Morgan fingerprint density at radius 2 is 2.08 bits per heavy atom. The Labute approximate surface area is 81.9 Å². The highest BCUT2D eigenvalue weighted by Gasteiger charge is 2.14. The SMILES string of the molecule is CCC(O)C1/C=C\CCCCCC1. The fourth-order valence-electron chi connectivity index (χ4n) is 1.99. The van der Waals surface area contributed by atoms with Crippen LogP contribution < -0.4 is 0 Å². The molecule has 0 heterocycles. The van der Waals surface area contributed by atoms with E-state index in [1.54, 1.807) is 0 Å². The number of rotatable bonds is 2. The van der Waals surface area contributed by atoms with Gasteiger partial charge in [0, 0.05) is 5.92 Å². The van der Waals surface area contributed by atoms with Gasteiger partial charge in [0.15, 0.2) is 0 Å². The Bertz CT molecular complexity index is 151. The van der Waals surface area contributed by atoms with E-state index in [4.69, 9.17) is 0 Å². The van der Waals surface area contributed by atoms with Crippen LogP contribution in [0, 0.1) is 5.92 Å². The smallest absolute Gasteiger partial charge is 0.0600 e. The molecule has 2 atom stereocenters. The molecule has 1 N–H and O–H groups in total. The molecule has 2 unspecified atom stereocenters. The summed E-state index contributed by atoms with van der Waals surface area (Å²) in [6.07, 6.45) is 12.9. The highest BCUT2D eigenvalue weighted by atomic mass is 16.3. The second-order valence-electron chi connectivity index (χ2n) is 4.06. The van der Waals surface area contributed by atoms with E-state index in [1.807, 2.05) is 0 Å². The topological polar surface area (TPSA) is 20.2 Å². The highest BCUT2D eigenvalue weighted by molar-refractivity contribution is 4.92. The van der Waals surface area contributed by atoms with Crippen molar-refractivity contribution in [2.24, 2.45) is 5.92 Å². The third kappa shape index (κ3) is 3.95. The molecule has 0 aromatic rings. The number of hydrogen-bond donors (Lipinski definition) is 1. The van der Waals surface area contributed by atoms with E-state index in [-0.39, 0.29) is 6.10 Å². The van der Waals surface area contributed by atoms with Crippen LogP contribution in [0.4, 0.5) is 0 Å². The van der Waals surface area contributed by atoms with Gasteiger partial charge in [0.2, 0.25) is 0 Å². The van der Waals surface area contributed by atoms with Crippen molar-refractivity contribution in [2.75, 3.05) is 0 Å². The van der Waals surface area contributed by atoms with Crippen LogP contribution in [0.2, 0.25) is 0 Å². The lowest BCUT2D eigenvalue weighted by Gasteiger charge is -2.17. The molecule has 0 aromatic carbocycles. The number of aliphatic hydroxyl groups excluding tert-OH is 1. The van der Waals surface area contributed by atoms with Gasteiger partial charge in [-0.1, -0.05) is 38.3 Å². The monoisotopic (exact) mass is 182 g/mol. The summed E-state index contributed by atoms with van der Waals surface area (Å²) < 4.78 is 0. The molecule has 0 saturated heterocycles. The second-order valence-corrected chi connectivity index (χ2v) is 4.06. The maximum absolute atomic E-state index is 9.74. The van der Waals surface area contributed by atoms with Crippen molar-refractivity contribution in [1.82, 2.24) is 0 Å². The van der Waals surface area contributed by atoms with Crippen molar-refractivity contribution >= 4 is 0 Å². The van der Waals surface area contributed by atoms with Crippen molar-refractivity contribution in [2.45, 2.75) is 58.0 Å². The summed E-state index contributed by atoms with van der Waals surface area (Å²) in [5.74, 6) is 0.420. The summed E-state index contributed by atoms with van der Waals surface area (Å²) in [5.41, 5.74) is 0. The molecule has 0 amide bonds. The normalized spacial score (nSPS) is 29.8. The second kappa shape index (κ2) is 6.20. The quantitative estimate of drug-likeness (QED) is 0.650. The molecule has 0 aromatic heterocycles. The summed E-state index contributed by atoms with van der Waals surface area (Å²) in [5, 5.41) is 9.74. The summed E-state index contributed by atoms with van der Waals surface area (Å²) >= 11 is 0. The fraction of sp³-hybridized carbons (Fsp3) is 0.833. The first-order valence-electron chi connectivity index (χ1n) is 5.69. The standard InChI is InChI=1S/C12H22O/c1-2-12(13)11-9-7-5-3-4-6-8-10-11/h7,9,11-13H,2-6,8,10H2,1H3/b9-7-. The van der Waals surface area contributed by atoms with Crippen LogP contribution in [0.1, 0.15) is 51.9 Å². The molecule has 0 radical (unpaired) electrons. The molecule has 1 heteroatoms. The molecule has 76 valence electrons. The molecule has 1 aliphatic carbocycles. The molecule has 0 fully saturated rings. The molecular weight excluding hydrogens is 160 g/mol. The third-order valence-corrected chi connectivity index (χ3v) is 2.95. The van der Waals surface area contributed by atoms with Gasteiger partial charge in [-0.15, -0.1) is 0 Å². The summed E-state index contributed by atoms with van der Waals surface area (Å²) in [6.45, 7) is 2.06. The van der Waals surface area contributed by atoms with Crippen LogP contribution in [0.3, 0.4) is 0 Å². The van der Waals surface area contributed by atoms with Gasteiger partial charge < -0.3 is 5.11 Å². The van der Waals surface area contributed by atoms with Gasteiger partial charge in [-0.3, -0.25) is 0 Å². The van der Waals surface area contributed by atoms with Crippen LogP contribution in [-0.4, -0.2) is 11.2 Å². The molecule has 1 aliphatic rings. The highest BCUT2D eigenvalue weighted by Crippen LogP contribution is 2.20. The van der Waals surface area contributed by atoms with Crippen molar-refractivity contribution in [3.8, 4) is 0 Å². The predicted molar refractivity (Wildman–Crippen MR) is 56.6 cm³/mol. The van der Waals surface area contributed by atoms with Crippen LogP contribution >= 0.6 is 0 Å². The average molecular weight is 182 g/mol. The van der Waals surface area contributed by atoms with Crippen LogP contribution in [0.25, 0.3) is 0 Å². The minimum absolute atomic E-state index is 0.116. The molecule has 0 aliphatic heterocycles. The lowest BCUT2D eigenvalue weighted by Crippen LogP contribution is -2.17. The van der Waals surface area contributed by atoms with Crippen LogP contribution in [-0.2, 0) is 0 Å². The van der Waals surface area contributed by atoms with Crippen LogP contribution in [0.15, 0.2) is 12.2 Å². The molecule has 13 heavy (non-hydrogen) atoms. The van der Waals surface area contributed by atoms with Crippen molar-refractivity contribution < 1.29 is 5.11 Å². The molecule has 0 bridgehead atoms. The Hall–Kier alpha value is -0.300. The molecule has 1 nitrogen and oxygen atoms in total. The summed E-state index contributed by atoms with van der Waals surface area (Å²) in [6, 6.07) is 0. The first kappa shape index (κ1) is 10.8. The van der Waals surface area contributed by atoms with Crippen LogP contribution in [0.5, 0.6) is 0 Å². The van der Waals surface area contributed by atoms with E-state index < -0.39 is 0 Å². The minimum Gasteiger partial charge on any atom is -0.393 e.